The number of imidazole rings is 1. The molecule has 0 saturated carbocycles. The van der Waals surface area contributed by atoms with Crippen LogP contribution in [-0.2, 0) is 0 Å². The Hall–Kier alpha value is -3.12. The third kappa shape index (κ3) is 2.66. The van der Waals surface area contributed by atoms with Crippen LogP contribution in [0.3, 0.4) is 0 Å². The van der Waals surface area contributed by atoms with E-state index in [1.807, 2.05) is 24.3 Å². The maximum absolute atomic E-state index is 12.9. The van der Waals surface area contributed by atoms with Gasteiger partial charge in [-0.25, -0.2) is 4.98 Å². The van der Waals surface area contributed by atoms with Gasteiger partial charge in [0, 0.05) is 18.0 Å². The highest BCUT2D eigenvalue weighted by atomic mass is 35.5. The molecule has 0 spiro atoms. The molecule has 4 rings (SSSR count). The van der Waals surface area contributed by atoms with Crippen LogP contribution in [-0.4, -0.2) is 20.4 Å². The number of hydrogen-bond acceptors (Lipinski definition) is 4. The van der Waals surface area contributed by atoms with Gasteiger partial charge in [0.1, 0.15) is 28.5 Å². The van der Waals surface area contributed by atoms with Crippen LogP contribution in [0.4, 0.5) is 5.82 Å². The number of hydrogen-bond donors (Lipinski definition) is 1. The minimum atomic E-state index is -0.324. The maximum Gasteiger partial charge on any atom is 0.262 e. The Morgan fingerprint density at radius 1 is 1.20 bits per heavy atom. The normalized spacial score (nSPS) is 11.0. The molecule has 1 aromatic carbocycles. The molecule has 0 aliphatic rings. The number of benzene rings is 1. The Labute approximate surface area is 148 Å². The van der Waals surface area contributed by atoms with Gasteiger partial charge in [0.05, 0.1) is 5.02 Å². The number of nitrogens with zero attached hydrogens (tertiary/aromatic N) is 3. The molecule has 7 heteroatoms. The first-order chi connectivity index (χ1) is 12.1. The summed E-state index contributed by atoms with van der Waals surface area (Å²) in [6.45, 7) is 1.69. The van der Waals surface area contributed by atoms with E-state index in [2.05, 4.69) is 15.5 Å². The van der Waals surface area contributed by atoms with Gasteiger partial charge >= 0.3 is 0 Å². The SMILES string of the molecule is Cc1onc(-c2ccccc2Cl)c1C(=O)Nc1cccc2nccn12. The van der Waals surface area contributed by atoms with Crippen molar-refractivity contribution in [3.8, 4) is 11.3 Å². The summed E-state index contributed by atoms with van der Waals surface area (Å²) in [5.74, 6) is 0.700. The molecule has 0 aliphatic heterocycles. The Morgan fingerprint density at radius 3 is 2.88 bits per heavy atom. The highest BCUT2D eigenvalue weighted by Gasteiger charge is 2.23. The second-order valence-electron chi connectivity index (χ2n) is 5.46. The van der Waals surface area contributed by atoms with Gasteiger partial charge in [0.25, 0.3) is 5.91 Å². The molecule has 1 N–H and O–H groups in total. The first kappa shape index (κ1) is 15.4. The molecule has 1 amide bonds. The van der Waals surface area contributed by atoms with E-state index in [0.29, 0.717) is 33.4 Å². The monoisotopic (exact) mass is 352 g/mol. The predicted octanol–water partition coefficient (Wildman–Crippen LogP) is 4.20. The second-order valence-corrected chi connectivity index (χ2v) is 5.87. The van der Waals surface area contributed by atoms with Crippen LogP contribution in [0.25, 0.3) is 16.9 Å². The number of anilines is 1. The third-order valence-electron chi connectivity index (χ3n) is 3.89. The highest BCUT2D eigenvalue weighted by Crippen LogP contribution is 2.31. The zero-order chi connectivity index (χ0) is 17.4. The largest absolute Gasteiger partial charge is 0.360 e. The van der Waals surface area contributed by atoms with Crippen molar-refractivity contribution in [3.05, 3.63) is 71.2 Å². The first-order valence-corrected chi connectivity index (χ1v) is 7.97. The molecule has 3 heterocycles. The van der Waals surface area contributed by atoms with E-state index in [-0.39, 0.29) is 5.91 Å². The minimum Gasteiger partial charge on any atom is -0.360 e. The van der Waals surface area contributed by atoms with Crippen LogP contribution in [0.1, 0.15) is 16.1 Å². The van der Waals surface area contributed by atoms with Crippen molar-refractivity contribution in [1.29, 1.82) is 0 Å². The van der Waals surface area contributed by atoms with Crippen LogP contribution in [0.15, 0.2) is 59.4 Å². The lowest BCUT2D eigenvalue weighted by molar-refractivity contribution is 0.102. The van der Waals surface area contributed by atoms with Crippen molar-refractivity contribution >= 4 is 29.0 Å². The zero-order valence-corrected chi connectivity index (χ0v) is 14.0. The maximum atomic E-state index is 12.9. The number of carbonyl (C=O) groups excluding carboxylic acids is 1. The van der Waals surface area contributed by atoms with Crippen LogP contribution in [0.2, 0.25) is 5.02 Å². The quantitative estimate of drug-likeness (QED) is 0.599. The summed E-state index contributed by atoms with van der Waals surface area (Å²) in [7, 11) is 0. The van der Waals surface area contributed by atoms with Crippen molar-refractivity contribution in [1.82, 2.24) is 14.5 Å². The van der Waals surface area contributed by atoms with E-state index in [1.54, 1.807) is 41.9 Å². The smallest absolute Gasteiger partial charge is 0.262 e. The average molecular weight is 353 g/mol. The minimum absolute atomic E-state index is 0.324. The molecule has 25 heavy (non-hydrogen) atoms. The Kier molecular flexibility index (Phi) is 3.74. The van der Waals surface area contributed by atoms with Crippen molar-refractivity contribution in [2.24, 2.45) is 0 Å². The van der Waals surface area contributed by atoms with E-state index in [0.717, 1.165) is 5.65 Å². The summed E-state index contributed by atoms with van der Waals surface area (Å²) in [5, 5.41) is 7.41. The van der Waals surface area contributed by atoms with Crippen LogP contribution >= 0.6 is 11.6 Å². The van der Waals surface area contributed by atoms with Crippen molar-refractivity contribution < 1.29 is 9.32 Å². The number of fused-ring (bicyclic) bond motifs is 1. The van der Waals surface area contributed by atoms with Gasteiger partial charge in [-0.2, -0.15) is 0 Å². The fraction of sp³-hybridized carbons (Fsp3) is 0.0556. The van der Waals surface area contributed by atoms with Crippen LogP contribution in [0.5, 0.6) is 0 Å². The average Bonchev–Trinajstić information content (AvgIpc) is 3.22. The Balaban J connectivity index is 1.75. The van der Waals surface area contributed by atoms with Gasteiger partial charge in [-0.15, -0.1) is 0 Å². The molecule has 4 aromatic rings. The summed E-state index contributed by atoms with van der Waals surface area (Å²) >= 11 is 6.24. The molecule has 3 aromatic heterocycles. The van der Waals surface area contributed by atoms with E-state index in [4.69, 9.17) is 16.1 Å². The number of nitrogens with one attached hydrogen (secondary N) is 1. The molecule has 0 unspecified atom stereocenters. The lowest BCUT2D eigenvalue weighted by Crippen LogP contribution is -2.15. The predicted molar refractivity (Wildman–Crippen MR) is 94.8 cm³/mol. The molecule has 6 nitrogen and oxygen atoms in total. The van der Waals surface area contributed by atoms with Crippen molar-refractivity contribution in [2.45, 2.75) is 6.92 Å². The topological polar surface area (TPSA) is 72.4 Å². The molecule has 0 atom stereocenters. The molecule has 0 bridgehead atoms. The molecule has 0 saturated heterocycles. The first-order valence-electron chi connectivity index (χ1n) is 7.60. The van der Waals surface area contributed by atoms with Gasteiger partial charge in [0.2, 0.25) is 0 Å². The van der Waals surface area contributed by atoms with E-state index < -0.39 is 0 Å². The zero-order valence-electron chi connectivity index (χ0n) is 13.2. The van der Waals surface area contributed by atoms with E-state index in [9.17, 15) is 4.79 Å². The summed E-state index contributed by atoms with van der Waals surface area (Å²) in [6.07, 6.45) is 3.45. The van der Waals surface area contributed by atoms with Crippen LogP contribution in [0, 0.1) is 6.92 Å². The molecule has 0 radical (unpaired) electrons. The van der Waals surface area contributed by atoms with Crippen molar-refractivity contribution in [2.75, 3.05) is 5.32 Å². The summed E-state index contributed by atoms with van der Waals surface area (Å²) in [6, 6.07) is 12.7. The fourth-order valence-corrected chi connectivity index (χ4v) is 2.93. The molecule has 0 fully saturated rings. The van der Waals surface area contributed by atoms with E-state index in [1.165, 1.54) is 0 Å². The van der Waals surface area contributed by atoms with Gasteiger partial charge < -0.3 is 9.84 Å². The van der Waals surface area contributed by atoms with Gasteiger partial charge in [-0.1, -0.05) is 41.0 Å². The van der Waals surface area contributed by atoms with Crippen LogP contribution < -0.4 is 5.32 Å². The summed E-state index contributed by atoms with van der Waals surface area (Å²) in [4.78, 5) is 17.1. The summed E-state index contributed by atoms with van der Waals surface area (Å²) in [5.41, 5.74) is 2.15. The number of halogens is 1. The lowest BCUT2D eigenvalue weighted by atomic mass is 10.1. The highest BCUT2D eigenvalue weighted by molar-refractivity contribution is 6.33. The van der Waals surface area contributed by atoms with Gasteiger partial charge in [-0.3, -0.25) is 9.20 Å². The summed E-state index contributed by atoms with van der Waals surface area (Å²) < 4.78 is 7.04. The lowest BCUT2D eigenvalue weighted by Gasteiger charge is -2.08. The fourth-order valence-electron chi connectivity index (χ4n) is 2.70. The molecule has 124 valence electrons. The van der Waals surface area contributed by atoms with E-state index >= 15 is 0 Å². The standard InChI is InChI=1S/C18H13ClN4O2/c1-11-16(17(22-25-11)12-5-2-3-6-13(12)19)18(24)21-15-8-4-7-14-20-9-10-23(14)15/h2-10H,1H3,(H,21,24). The number of aromatic nitrogens is 3. The number of amides is 1. The second kappa shape index (κ2) is 6.07. The number of pyridine rings is 1. The number of carbonyl (C=O) groups is 1. The van der Waals surface area contributed by atoms with Gasteiger partial charge in [0.15, 0.2) is 0 Å². The van der Waals surface area contributed by atoms with Gasteiger partial charge in [-0.05, 0) is 25.1 Å². The number of rotatable bonds is 3. The molecular weight excluding hydrogens is 340 g/mol. The van der Waals surface area contributed by atoms with Crippen molar-refractivity contribution in [3.63, 3.8) is 0 Å². The Morgan fingerprint density at radius 2 is 2.04 bits per heavy atom. The Bertz CT molecular complexity index is 1080. The molecular formula is C18H13ClN4O2. The molecule has 0 aliphatic carbocycles. The third-order valence-corrected chi connectivity index (χ3v) is 4.22. The number of aryl methyl sites for hydroxylation is 1.